The third kappa shape index (κ3) is 4.19. The average molecular weight is 241 g/mol. The zero-order valence-corrected chi connectivity index (χ0v) is 9.63. The summed E-state index contributed by atoms with van der Waals surface area (Å²) in [4.78, 5) is 0. The van der Waals surface area contributed by atoms with Gasteiger partial charge in [0, 0.05) is 11.9 Å². The predicted molar refractivity (Wildman–Crippen MR) is 56.4 cm³/mol. The molecule has 3 atom stereocenters. The van der Waals surface area contributed by atoms with E-state index in [1.165, 1.54) is 0 Å². The van der Waals surface area contributed by atoms with Crippen LogP contribution in [-0.2, 0) is 10.1 Å². The lowest BCUT2D eigenvalue weighted by atomic mass is 10.2. The molecule has 1 saturated heterocycles. The van der Waals surface area contributed by atoms with Crippen molar-refractivity contribution < 1.29 is 18.1 Å². The molecule has 0 aromatic carbocycles. The maximum absolute atomic E-state index is 10.5. The minimum absolute atomic E-state index is 0.122. The smallest absolute Gasteiger partial charge is 0.292 e. The van der Waals surface area contributed by atoms with Crippen molar-refractivity contribution in [1.29, 1.82) is 0 Å². The van der Waals surface area contributed by atoms with Crippen molar-refractivity contribution in [3.63, 3.8) is 0 Å². The lowest BCUT2D eigenvalue weighted by molar-refractivity contribution is 0.254. The molecule has 1 aliphatic heterocycles. The van der Waals surface area contributed by atoms with Gasteiger partial charge in [0.05, 0.1) is 0 Å². The van der Waals surface area contributed by atoms with Crippen LogP contribution in [0.4, 0.5) is 0 Å². The van der Waals surface area contributed by atoms with Gasteiger partial charge in [0.15, 0.2) is 5.44 Å². The van der Waals surface area contributed by atoms with Crippen molar-refractivity contribution in [3.8, 4) is 0 Å². The quantitative estimate of drug-likeness (QED) is 0.475. The first-order valence-electron chi connectivity index (χ1n) is 4.61. The van der Waals surface area contributed by atoms with Crippen molar-refractivity contribution in [2.75, 3.05) is 12.7 Å². The Hall–Kier alpha value is 0.260. The summed E-state index contributed by atoms with van der Waals surface area (Å²) in [6.45, 7) is 0.958. The zero-order chi connectivity index (χ0) is 10.6. The van der Waals surface area contributed by atoms with Crippen LogP contribution in [0, 0.1) is 0 Å². The average Bonchev–Trinajstić information content (AvgIpc) is 2.14. The highest BCUT2D eigenvalue weighted by atomic mass is 32.2. The van der Waals surface area contributed by atoms with Crippen LogP contribution in [0.1, 0.15) is 19.3 Å². The van der Waals surface area contributed by atoms with E-state index in [4.69, 9.17) is 9.66 Å². The molecule has 0 spiro atoms. The van der Waals surface area contributed by atoms with Crippen LogP contribution < -0.4 is 5.32 Å². The topological polar surface area (TPSA) is 86.6 Å². The molecule has 84 valence electrons. The van der Waals surface area contributed by atoms with E-state index in [9.17, 15) is 8.42 Å². The minimum Gasteiger partial charge on any atom is -0.375 e. The molecule has 0 aliphatic carbocycles. The van der Waals surface area contributed by atoms with Gasteiger partial charge in [-0.05, 0) is 19.4 Å². The molecule has 0 radical (unpaired) electrons. The van der Waals surface area contributed by atoms with Crippen molar-refractivity contribution in [1.82, 2.24) is 5.32 Å². The van der Waals surface area contributed by atoms with Crippen molar-refractivity contribution in [2.45, 2.75) is 30.5 Å². The van der Waals surface area contributed by atoms with E-state index >= 15 is 0 Å². The molecule has 0 aromatic rings. The molecule has 3 N–H and O–H groups in total. The standard InChI is InChI=1S/C7H16NO4PS/c9-7(14(10,11)12)5-13-6-3-1-2-4-8-6/h6-9,13H,1-5H2,(H,10,11,12). The van der Waals surface area contributed by atoms with Crippen LogP contribution in [-0.4, -0.2) is 42.0 Å². The highest BCUT2D eigenvalue weighted by Gasteiger charge is 2.21. The Kier molecular flexibility index (Phi) is 4.73. The largest absolute Gasteiger partial charge is 0.375 e. The van der Waals surface area contributed by atoms with Gasteiger partial charge in [-0.1, -0.05) is 6.42 Å². The summed E-state index contributed by atoms with van der Waals surface area (Å²) < 4.78 is 29.5. The number of nitrogens with one attached hydrogen (secondary N) is 1. The second-order valence-electron chi connectivity index (χ2n) is 3.38. The zero-order valence-electron chi connectivity index (χ0n) is 7.81. The monoisotopic (exact) mass is 241 g/mol. The van der Waals surface area contributed by atoms with Crippen LogP contribution in [0.3, 0.4) is 0 Å². The number of hydrogen-bond acceptors (Lipinski definition) is 4. The predicted octanol–water partition coefficient (Wildman–Crippen LogP) is -0.0293. The van der Waals surface area contributed by atoms with Crippen molar-refractivity contribution in [2.24, 2.45) is 0 Å². The summed E-state index contributed by atoms with van der Waals surface area (Å²) >= 11 is 0. The molecule has 0 amide bonds. The van der Waals surface area contributed by atoms with E-state index in [1.807, 2.05) is 0 Å². The molecule has 3 unspecified atom stereocenters. The highest BCUT2D eigenvalue weighted by molar-refractivity contribution is 7.86. The number of hydrogen-bond donors (Lipinski definition) is 3. The molecule has 7 heteroatoms. The fourth-order valence-electron chi connectivity index (χ4n) is 1.37. The van der Waals surface area contributed by atoms with Crippen LogP contribution in [0.2, 0.25) is 0 Å². The van der Waals surface area contributed by atoms with E-state index < -0.39 is 15.6 Å². The molecule has 0 saturated carbocycles. The molecule has 0 aromatic heterocycles. The molecule has 1 rings (SSSR count). The molecule has 0 bridgehead atoms. The van der Waals surface area contributed by atoms with Crippen molar-refractivity contribution in [3.05, 3.63) is 0 Å². The van der Waals surface area contributed by atoms with E-state index in [0.717, 1.165) is 25.8 Å². The van der Waals surface area contributed by atoms with Crippen LogP contribution in [0.15, 0.2) is 0 Å². The Bertz CT molecular complexity index is 263. The second-order valence-corrected chi connectivity index (χ2v) is 6.47. The van der Waals surface area contributed by atoms with Gasteiger partial charge >= 0.3 is 0 Å². The Morgan fingerprint density at radius 2 is 2.21 bits per heavy atom. The summed E-state index contributed by atoms with van der Waals surface area (Å²) in [6, 6.07) is 0. The van der Waals surface area contributed by atoms with Crippen molar-refractivity contribution >= 4 is 18.7 Å². The maximum atomic E-state index is 10.5. The van der Waals surface area contributed by atoms with E-state index in [0.29, 0.717) is 14.4 Å². The fraction of sp³-hybridized carbons (Fsp3) is 1.00. The SMILES string of the molecule is O=S(=O)(O)C(O)CPC1CCCCN1. The summed E-state index contributed by atoms with van der Waals surface area (Å²) in [5, 5.41) is 12.3. The number of rotatable bonds is 4. The molecule has 1 fully saturated rings. The third-order valence-electron chi connectivity index (χ3n) is 2.19. The van der Waals surface area contributed by atoms with Crippen LogP contribution in [0.25, 0.3) is 0 Å². The lowest BCUT2D eigenvalue weighted by Gasteiger charge is -2.23. The van der Waals surface area contributed by atoms with Crippen LogP contribution in [0.5, 0.6) is 0 Å². The molecule has 5 nitrogen and oxygen atoms in total. The van der Waals surface area contributed by atoms with Gasteiger partial charge in [-0.2, -0.15) is 8.42 Å². The van der Waals surface area contributed by atoms with Gasteiger partial charge in [-0.25, -0.2) is 0 Å². The normalized spacial score (nSPS) is 26.9. The summed E-state index contributed by atoms with van der Waals surface area (Å²) in [5.41, 5.74) is -1.62. The number of aliphatic hydroxyl groups is 1. The van der Waals surface area contributed by atoms with Gasteiger partial charge in [0.25, 0.3) is 10.1 Å². The Morgan fingerprint density at radius 3 is 2.71 bits per heavy atom. The summed E-state index contributed by atoms with van der Waals surface area (Å²) in [7, 11) is -3.93. The maximum Gasteiger partial charge on any atom is 0.292 e. The van der Waals surface area contributed by atoms with Gasteiger partial charge in [0.2, 0.25) is 0 Å². The summed E-state index contributed by atoms with van der Waals surface area (Å²) in [5.74, 6) is 0.306. The molecular formula is C7H16NO4PS. The second kappa shape index (κ2) is 5.37. The van der Waals surface area contributed by atoms with E-state index in [-0.39, 0.29) is 6.16 Å². The lowest BCUT2D eigenvalue weighted by Crippen LogP contribution is -2.32. The molecule has 1 aliphatic rings. The number of piperidine rings is 1. The Morgan fingerprint density at radius 1 is 1.50 bits per heavy atom. The number of aliphatic hydroxyl groups excluding tert-OH is 1. The first-order valence-corrected chi connectivity index (χ1v) is 7.40. The fourth-order valence-corrected chi connectivity index (χ4v) is 3.69. The molecule has 14 heavy (non-hydrogen) atoms. The van der Waals surface area contributed by atoms with Gasteiger partial charge in [-0.15, -0.1) is 8.58 Å². The van der Waals surface area contributed by atoms with E-state index in [2.05, 4.69) is 5.32 Å². The Labute approximate surface area is 85.8 Å². The third-order valence-corrected chi connectivity index (χ3v) is 4.95. The van der Waals surface area contributed by atoms with Crippen LogP contribution >= 0.6 is 8.58 Å². The Balaban J connectivity index is 2.25. The first-order chi connectivity index (χ1) is 6.50. The minimum atomic E-state index is -4.27. The molecule has 1 heterocycles. The first kappa shape index (κ1) is 12.3. The van der Waals surface area contributed by atoms with Gasteiger partial charge < -0.3 is 10.4 Å². The highest BCUT2D eigenvalue weighted by Crippen LogP contribution is 2.25. The van der Waals surface area contributed by atoms with Gasteiger partial charge in [-0.3, -0.25) is 4.55 Å². The molecular weight excluding hydrogens is 225 g/mol. The van der Waals surface area contributed by atoms with Gasteiger partial charge in [0.1, 0.15) is 0 Å². The summed E-state index contributed by atoms with van der Waals surface area (Å²) in [6.07, 6.45) is 3.45. The van der Waals surface area contributed by atoms with E-state index in [1.54, 1.807) is 0 Å².